The van der Waals surface area contributed by atoms with E-state index in [-0.39, 0.29) is 5.82 Å². The van der Waals surface area contributed by atoms with Crippen molar-refractivity contribution >= 4 is 34.8 Å². The van der Waals surface area contributed by atoms with E-state index in [1.807, 2.05) is 66.9 Å². The van der Waals surface area contributed by atoms with Crippen LogP contribution in [0.4, 0.5) is 10.1 Å². The van der Waals surface area contributed by atoms with E-state index in [9.17, 15) is 4.39 Å². The number of halogens is 2. The average Bonchev–Trinajstić information content (AvgIpc) is 2.65. The highest BCUT2D eigenvalue weighted by Gasteiger charge is 2.02. The summed E-state index contributed by atoms with van der Waals surface area (Å²) in [6.45, 7) is 2.05. The zero-order chi connectivity index (χ0) is 18.4. The van der Waals surface area contributed by atoms with Gasteiger partial charge in [-0.05, 0) is 66.9 Å². The number of hydrogen-bond donors (Lipinski definition) is 0. The van der Waals surface area contributed by atoms with Crippen LogP contribution in [0.25, 0.3) is 0 Å². The zero-order valence-electron chi connectivity index (χ0n) is 14.2. The lowest BCUT2D eigenvalue weighted by Gasteiger charge is -2.04. The lowest BCUT2D eigenvalue weighted by atomic mass is 10.1. The minimum Gasteiger partial charge on any atom is -0.248 e. The summed E-state index contributed by atoms with van der Waals surface area (Å²) in [5, 5.41) is 2.64. The van der Waals surface area contributed by atoms with Gasteiger partial charge in [-0.3, -0.25) is 0 Å². The third-order valence-electron chi connectivity index (χ3n) is 3.67. The van der Waals surface area contributed by atoms with Gasteiger partial charge in [0.05, 0.1) is 11.4 Å². The summed E-state index contributed by atoms with van der Waals surface area (Å²) >= 11 is 7.51. The molecule has 0 aliphatic rings. The Morgan fingerprint density at radius 2 is 1.58 bits per heavy atom. The second-order valence-electron chi connectivity index (χ2n) is 5.71. The van der Waals surface area contributed by atoms with Gasteiger partial charge in [0.25, 0.3) is 0 Å². The van der Waals surface area contributed by atoms with Gasteiger partial charge in [0, 0.05) is 15.5 Å². The van der Waals surface area contributed by atoms with Crippen LogP contribution in [0.15, 0.2) is 94.2 Å². The van der Waals surface area contributed by atoms with Gasteiger partial charge in [0.15, 0.2) is 0 Å². The predicted molar refractivity (Wildman–Crippen MR) is 110 cm³/mol. The van der Waals surface area contributed by atoms with Crippen molar-refractivity contribution in [3.63, 3.8) is 0 Å². The highest BCUT2D eigenvalue weighted by atomic mass is 35.5. The first-order valence-electron chi connectivity index (χ1n) is 8.10. The first-order valence-corrected chi connectivity index (χ1v) is 9.36. The Morgan fingerprint density at radius 3 is 2.23 bits per heavy atom. The molecule has 0 atom stereocenters. The highest BCUT2D eigenvalue weighted by Crippen LogP contribution is 2.21. The summed E-state index contributed by atoms with van der Waals surface area (Å²) in [5.41, 5.74) is 3.89. The monoisotopic (exact) mass is 381 g/mol. The molecule has 0 bridgehead atoms. The summed E-state index contributed by atoms with van der Waals surface area (Å²) in [6, 6.07) is 22.1. The number of aliphatic imine (C=N–C) groups is 1. The molecule has 0 N–H and O–H groups in total. The van der Waals surface area contributed by atoms with E-state index in [2.05, 4.69) is 0 Å². The van der Waals surface area contributed by atoms with Crippen LogP contribution in [0.1, 0.15) is 11.1 Å². The largest absolute Gasteiger partial charge is 0.248 e. The number of nitrogens with zero attached hydrogens (tertiary/aromatic N) is 1. The topological polar surface area (TPSA) is 12.4 Å². The first-order chi connectivity index (χ1) is 12.6. The van der Waals surface area contributed by atoms with Gasteiger partial charge < -0.3 is 0 Å². The fourth-order valence-electron chi connectivity index (χ4n) is 2.27. The van der Waals surface area contributed by atoms with Gasteiger partial charge in [-0.1, -0.05) is 53.2 Å². The van der Waals surface area contributed by atoms with Gasteiger partial charge in [0.2, 0.25) is 0 Å². The lowest BCUT2D eigenvalue weighted by molar-refractivity contribution is 0.626. The molecular weight excluding hydrogens is 365 g/mol. The maximum absolute atomic E-state index is 13.0. The Labute approximate surface area is 162 Å². The Bertz CT molecular complexity index is 914. The van der Waals surface area contributed by atoms with Crippen molar-refractivity contribution in [1.82, 2.24) is 0 Å². The van der Waals surface area contributed by atoms with E-state index < -0.39 is 0 Å². The average molecular weight is 382 g/mol. The van der Waals surface area contributed by atoms with Gasteiger partial charge in [0.1, 0.15) is 5.82 Å². The molecule has 0 heterocycles. The van der Waals surface area contributed by atoms with E-state index in [0.29, 0.717) is 5.02 Å². The standard InChI is InChI=1S/C22H17ClFNS/c1-16-2-10-20(11-3-16)25-22(17-4-6-18(23)7-5-17)14-15-26-21-12-8-19(24)9-13-21/h2-15H,1H3/b15-14+,25-22?. The number of thioether (sulfide) groups is 1. The van der Waals surface area contributed by atoms with Crippen molar-refractivity contribution in [2.75, 3.05) is 0 Å². The number of hydrogen-bond acceptors (Lipinski definition) is 2. The zero-order valence-corrected chi connectivity index (χ0v) is 15.8. The van der Waals surface area contributed by atoms with E-state index in [1.165, 1.54) is 29.5 Å². The summed E-state index contributed by atoms with van der Waals surface area (Å²) < 4.78 is 13.0. The van der Waals surface area contributed by atoms with Gasteiger partial charge in [-0.25, -0.2) is 9.38 Å². The SMILES string of the molecule is Cc1ccc(N=C(/C=C/Sc2ccc(F)cc2)c2ccc(Cl)cc2)cc1. The van der Waals surface area contributed by atoms with Crippen LogP contribution in [0.5, 0.6) is 0 Å². The van der Waals surface area contributed by atoms with Crippen molar-refractivity contribution in [2.24, 2.45) is 4.99 Å². The number of allylic oxidation sites excluding steroid dienone is 1. The highest BCUT2D eigenvalue weighted by molar-refractivity contribution is 8.02. The molecule has 0 radical (unpaired) electrons. The van der Waals surface area contributed by atoms with Crippen LogP contribution in [0, 0.1) is 12.7 Å². The molecule has 0 spiro atoms. The Kier molecular flexibility index (Phi) is 6.26. The van der Waals surface area contributed by atoms with Crippen LogP contribution in [0.3, 0.4) is 0 Å². The molecule has 0 aliphatic carbocycles. The lowest BCUT2D eigenvalue weighted by Crippen LogP contribution is -1.95. The summed E-state index contributed by atoms with van der Waals surface area (Å²) in [6.07, 6.45) is 1.96. The first kappa shape index (κ1) is 18.4. The van der Waals surface area contributed by atoms with E-state index >= 15 is 0 Å². The van der Waals surface area contributed by atoms with Gasteiger partial charge >= 0.3 is 0 Å². The maximum atomic E-state index is 13.0. The minimum absolute atomic E-state index is 0.235. The molecule has 0 fully saturated rings. The van der Waals surface area contributed by atoms with Crippen molar-refractivity contribution in [3.8, 4) is 0 Å². The number of aryl methyl sites for hydroxylation is 1. The van der Waals surface area contributed by atoms with Crippen LogP contribution in [-0.4, -0.2) is 5.71 Å². The fourth-order valence-corrected chi connectivity index (χ4v) is 3.04. The predicted octanol–water partition coefficient (Wildman–Crippen LogP) is 7.21. The van der Waals surface area contributed by atoms with Crippen LogP contribution >= 0.6 is 23.4 Å². The molecule has 3 aromatic rings. The molecular formula is C22H17ClFNS. The maximum Gasteiger partial charge on any atom is 0.123 e. The molecule has 0 saturated heterocycles. The van der Waals surface area contributed by atoms with E-state index in [4.69, 9.17) is 16.6 Å². The molecule has 3 rings (SSSR count). The summed E-state index contributed by atoms with van der Waals surface area (Å²) in [4.78, 5) is 5.72. The van der Waals surface area contributed by atoms with E-state index in [1.54, 1.807) is 12.1 Å². The third kappa shape index (κ3) is 5.32. The van der Waals surface area contributed by atoms with Crippen LogP contribution < -0.4 is 0 Å². The minimum atomic E-state index is -0.235. The Balaban J connectivity index is 1.87. The van der Waals surface area contributed by atoms with E-state index in [0.717, 1.165) is 21.9 Å². The summed E-state index contributed by atoms with van der Waals surface area (Å²) in [7, 11) is 0. The Morgan fingerprint density at radius 1 is 0.923 bits per heavy atom. The molecule has 1 nitrogen and oxygen atoms in total. The normalized spacial score (nSPS) is 11.9. The molecule has 0 unspecified atom stereocenters. The van der Waals surface area contributed by atoms with Crippen LogP contribution in [0.2, 0.25) is 5.02 Å². The van der Waals surface area contributed by atoms with Crippen molar-refractivity contribution < 1.29 is 4.39 Å². The molecule has 130 valence electrons. The fraction of sp³-hybridized carbons (Fsp3) is 0.0455. The Hall–Kier alpha value is -2.36. The summed E-state index contributed by atoms with van der Waals surface area (Å²) in [5.74, 6) is -0.235. The molecule has 0 aliphatic heterocycles. The third-order valence-corrected chi connectivity index (χ3v) is 4.74. The number of rotatable bonds is 5. The molecule has 0 amide bonds. The second kappa shape index (κ2) is 8.84. The van der Waals surface area contributed by atoms with Gasteiger partial charge in [-0.15, -0.1) is 0 Å². The molecule has 0 aromatic heterocycles. The molecule has 26 heavy (non-hydrogen) atoms. The van der Waals surface area contributed by atoms with Gasteiger partial charge in [-0.2, -0.15) is 0 Å². The van der Waals surface area contributed by atoms with Crippen molar-refractivity contribution in [1.29, 1.82) is 0 Å². The smallest absolute Gasteiger partial charge is 0.123 e. The molecule has 3 aromatic carbocycles. The molecule has 0 saturated carbocycles. The molecule has 4 heteroatoms. The second-order valence-corrected chi connectivity index (χ2v) is 7.13. The number of benzene rings is 3. The quantitative estimate of drug-likeness (QED) is 0.336. The van der Waals surface area contributed by atoms with Crippen LogP contribution in [-0.2, 0) is 0 Å². The van der Waals surface area contributed by atoms with Crippen molar-refractivity contribution in [3.05, 3.63) is 106 Å². The van der Waals surface area contributed by atoms with Crippen molar-refractivity contribution in [2.45, 2.75) is 11.8 Å².